The predicted molar refractivity (Wildman–Crippen MR) is 57.3 cm³/mol. The van der Waals surface area contributed by atoms with Gasteiger partial charge in [0.2, 0.25) is 0 Å². The van der Waals surface area contributed by atoms with Crippen LogP contribution in [0.5, 0.6) is 0 Å². The smallest absolute Gasteiger partial charge is 0.269 e. The molecule has 4 N–H and O–H groups in total. The van der Waals surface area contributed by atoms with E-state index in [1.807, 2.05) is 13.8 Å². The Morgan fingerprint density at radius 1 is 1.67 bits per heavy atom. The molecule has 2 rings (SSSR count). The van der Waals surface area contributed by atoms with E-state index in [0.717, 1.165) is 0 Å². The van der Waals surface area contributed by atoms with Gasteiger partial charge in [-0.05, 0) is 32.6 Å². The molecule has 0 unspecified atom stereocenters. The summed E-state index contributed by atoms with van der Waals surface area (Å²) in [5.74, 6) is 0.794. The van der Waals surface area contributed by atoms with Crippen molar-refractivity contribution in [1.29, 1.82) is 0 Å². The van der Waals surface area contributed by atoms with Gasteiger partial charge in [-0.3, -0.25) is 9.89 Å². The lowest BCUT2D eigenvalue weighted by molar-refractivity contribution is 0.0898. The first-order valence-electron chi connectivity index (χ1n) is 5.12. The van der Waals surface area contributed by atoms with Gasteiger partial charge in [-0.25, -0.2) is 0 Å². The van der Waals surface area contributed by atoms with E-state index in [4.69, 9.17) is 5.73 Å². The SMILES string of the molecule is CC(C)(NC(=O)c1cc(N)n[nH]1)C1CC1. The van der Waals surface area contributed by atoms with E-state index in [2.05, 4.69) is 15.5 Å². The maximum Gasteiger partial charge on any atom is 0.269 e. The number of aromatic nitrogens is 2. The van der Waals surface area contributed by atoms with Gasteiger partial charge in [0.05, 0.1) is 0 Å². The number of H-pyrrole nitrogens is 1. The number of amides is 1. The number of nitrogens with one attached hydrogen (secondary N) is 2. The predicted octanol–water partition coefficient (Wildman–Crippen LogP) is 0.910. The van der Waals surface area contributed by atoms with E-state index in [1.165, 1.54) is 18.9 Å². The maximum absolute atomic E-state index is 11.8. The highest BCUT2D eigenvalue weighted by Crippen LogP contribution is 2.39. The van der Waals surface area contributed by atoms with Crippen molar-refractivity contribution in [3.8, 4) is 0 Å². The van der Waals surface area contributed by atoms with Gasteiger partial charge in [-0.15, -0.1) is 0 Å². The lowest BCUT2D eigenvalue weighted by atomic mass is 9.98. The number of nitrogen functional groups attached to an aromatic ring is 1. The molecule has 1 amide bonds. The second kappa shape index (κ2) is 3.25. The van der Waals surface area contributed by atoms with E-state index in [-0.39, 0.29) is 11.4 Å². The molecular weight excluding hydrogens is 192 g/mol. The zero-order valence-corrected chi connectivity index (χ0v) is 9.00. The summed E-state index contributed by atoms with van der Waals surface area (Å²) < 4.78 is 0. The number of carbonyl (C=O) groups is 1. The van der Waals surface area contributed by atoms with Gasteiger partial charge in [-0.1, -0.05) is 0 Å². The van der Waals surface area contributed by atoms with Crippen LogP contribution in [0.4, 0.5) is 5.82 Å². The topological polar surface area (TPSA) is 83.8 Å². The molecule has 0 aliphatic heterocycles. The molecule has 15 heavy (non-hydrogen) atoms. The summed E-state index contributed by atoms with van der Waals surface area (Å²) in [5.41, 5.74) is 5.71. The van der Waals surface area contributed by atoms with E-state index < -0.39 is 0 Å². The highest BCUT2D eigenvalue weighted by atomic mass is 16.2. The standard InChI is InChI=1S/C10H16N4O/c1-10(2,6-3-4-6)12-9(15)7-5-8(11)14-13-7/h5-6H,3-4H2,1-2H3,(H,12,15)(H3,11,13,14). The van der Waals surface area contributed by atoms with Crippen molar-refractivity contribution in [2.45, 2.75) is 32.2 Å². The van der Waals surface area contributed by atoms with Gasteiger partial charge in [-0.2, -0.15) is 5.10 Å². The normalized spacial score (nSPS) is 16.4. The van der Waals surface area contributed by atoms with Crippen molar-refractivity contribution in [2.24, 2.45) is 5.92 Å². The minimum atomic E-state index is -0.142. The van der Waals surface area contributed by atoms with Crippen molar-refractivity contribution >= 4 is 11.7 Å². The van der Waals surface area contributed by atoms with Crippen LogP contribution in [0.25, 0.3) is 0 Å². The maximum atomic E-state index is 11.8. The van der Waals surface area contributed by atoms with Crippen molar-refractivity contribution in [1.82, 2.24) is 15.5 Å². The largest absolute Gasteiger partial charge is 0.382 e. The number of aromatic amines is 1. The number of carbonyl (C=O) groups excluding carboxylic acids is 1. The zero-order valence-electron chi connectivity index (χ0n) is 9.00. The number of nitrogens with zero attached hydrogens (tertiary/aromatic N) is 1. The monoisotopic (exact) mass is 208 g/mol. The number of anilines is 1. The second-order valence-electron chi connectivity index (χ2n) is 4.66. The van der Waals surface area contributed by atoms with E-state index in [9.17, 15) is 4.79 Å². The molecule has 5 nitrogen and oxygen atoms in total. The molecule has 1 heterocycles. The molecule has 1 saturated carbocycles. The van der Waals surface area contributed by atoms with E-state index in [0.29, 0.717) is 17.4 Å². The number of hydrogen-bond donors (Lipinski definition) is 3. The Kier molecular flexibility index (Phi) is 2.17. The van der Waals surface area contributed by atoms with Crippen molar-refractivity contribution in [3.63, 3.8) is 0 Å². The quantitative estimate of drug-likeness (QED) is 0.690. The summed E-state index contributed by atoms with van der Waals surface area (Å²) in [6.07, 6.45) is 2.39. The van der Waals surface area contributed by atoms with E-state index >= 15 is 0 Å². The summed E-state index contributed by atoms with van der Waals surface area (Å²) in [6, 6.07) is 1.54. The Morgan fingerprint density at radius 2 is 2.33 bits per heavy atom. The van der Waals surface area contributed by atoms with Crippen LogP contribution in [0.2, 0.25) is 0 Å². The van der Waals surface area contributed by atoms with Crippen LogP contribution in [-0.4, -0.2) is 21.6 Å². The van der Waals surface area contributed by atoms with Gasteiger partial charge in [0.15, 0.2) is 0 Å². The third kappa shape index (κ3) is 2.11. The Balaban J connectivity index is 2.03. The van der Waals surface area contributed by atoms with Crippen LogP contribution in [-0.2, 0) is 0 Å². The highest BCUT2D eigenvalue weighted by molar-refractivity contribution is 5.93. The molecule has 1 aromatic rings. The molecule has 0 spiro atoms. The minimum absolute atomic E-state index is 0.142. The fourth-order valence-electron chi connectivity index (χ4n) is 1.72. The van der Waals surface area contributed by atoms with Gasteiger partial charge in [0.25, 0.3) is 5.91 Å². The molecule has 1 aromatic heterocycles. The fourth-order valence-corrected chi connectivity index (χ4v) is 1.72. The van der Waals surface area contributed by atoms with Gasteiger partial charge < -0.3 is 11.1 Å². The molecular formula is C10H16N4O. The zero-order chi connectivity index (χ0) is 11.1. The number of rotatable bonds is 3. The molecule has 0 radical (unpaired) electrons. The highest BCUT2D eigenvalue weighted by Gasteiger charge is 2.39. The lowest BCUT2D eigenvalue weighted by Gasteiger charge is -2.25. The summed E-state index contributed by atoms with van der Waals surface area (Å²) in [6.45, 7) is 4.09. The minimum Gasteiger partial charge on any atom is -0.382 e. The summed E-state index contributed by atoms with van der Waals surface area (Å²) in [5, 5.41) is 9.30. The summed E-state index contributed by atoms with van der Waals surface area (Å²) >= 11 is 0. The van der Waals surface area contributed by atoms with E-state index in [1.54, 1.807) is 0 Å². The third-order valence-corrected chi connectivity index (χ3v) is 2.88. The molecule has 5 heteroatoms. The molecule has 82 valence electrons. The van der Waals surface area contributed by atoms with Gasteiger partial charge in [0.1, 0.15) is 11.5 Å². The summed E-state index contributed by atoms with van der Waals surface area (Å²) in [4.78, 5) is 11.8. The second-order valence-corrected chi connectivity index (χ2v) is 4.66. The average molecular weight is 208 g/mol. The summed E-state index contributed by atoms with van der Waals surface area (Å²) in [7, 11) is 0. The van der Waals surface area contributed by atoms with Crippen LogP contribution < -0.4 is 11.1 Å². The first-order valence-corrected chi connectivity index (χ1v) is 5.12. The molecule has 1 fully saturated rings. The fraction of sp³-hybridized carbons (Fsp3) is 0.600. The van der Waals surface area contributed by atoms with Crippen LogP contribution in [0.15, 0.2) is 6.07 Å². The lowest BCUT2D eigenvalue weighted by Crippen LogP contribution is -2.45. The van der Waals surface area contributed by atoms with Crippen molar-refractivity contribution in [2.75, 3.05) is 5.73 Å². The van der Waals surface area contributed by atoms with Gasteiger partial charge >= 0.3 is 0 Å². The van der Waals surface area contributed by atoms with Crippen molar-refractivity contribution < 1.29 is 4.79 Å². The molecule has 0 saturated heterocycles. The Hall–Kier alpha value is -1.52. The van der Waals surface area contributed by atoms with Crippen LogP contribution >= 0.6 is 0 Å². The first kappa shape index (κ1) is 10.0. The molecule has 0 aromatic carbocycles. The van der Waals surface area contributed by atoms with Crippen molar-refractivity contribution in [3.05, 3.63) is 11.8 Å². The Labute approximate surface area is 88.4 Å². The number of hydrogen-bond acceptors (Lipinski definition) is 3. The molecule has 1 aliphatic rings. The Bertz CT molecular complexity index is 379. The number of nitrogens with two attached hydrogens (primary N) is 1. The van der Waals surface area contributed by atoms with Crippen LogP contribution in [0.3, 0.4) is 0 Å². The molecule has 0 atom stereocenters. The molecule has 0 bridgehead atoms. The third-order valence-electron chi connectivity index (χ3n) is 2.88. The van der Waals surface area contributed by atoms with Gasteiger partial charge in [0, 0.05) is 11.6 Å². The average Bonchev–Trinajstić information content (AvgIpc) is 2.89. The Morgan fingerprint density at radius 3 is 2.80 bits per heavy atom. The molecule has 1 aliphatic carbocycles. The van der Waals surface area contributed by atoms with Crippen LogP contribution in [0, 0.1) is 5.92 Å². The van der Waals surface area contributed by atoms with Crippen LogP contribution in [0.1, 0.15) is 37.2 Å². The first-order chi connectivity index (χ1) is 6.99.